The molecule has 0 aromatic carbocycles. The number of carboxylic acid groups (broad SMARTS) is 1. The number of aliphatic hydroxyl groups is 1. The van der Waals surface area contributed by atoms with Crippen LogP contribution in [0.1, 0.15) is 6.42 Å². The van der Waals surface area contributed by atoms with Crippen molar-refractivity contribution in [1.82, 2.24) is 10.2 Å². The predicted molar refractivity (Wildman–Crippen MR) is 64.0 cm³/mol. The molecular weight excluding hydrogens is 276 g/mol. The van der Waals surface area contributed by atoms with Gasteiger partial charge in [0.25, 0.3) is 0 Å². The van der Waals surface area contributed by atoms with E-state index in [2.05, 4.69) is 5.32 Å². The molecule has 0 aliphatic carbocycles. The number of carbonyl (C=O) groups is 2. The molecule has 9 heteroatoms. The molecule has 1 saturated heterocycles. The molecule has 19 heavy (non-hydrogen) atoms. The zero-order valence-electron chi connectivity index (χ0n) is 9.89. The van der Waals surface area contributed by atoms with E-state index in [9.17, 15) is 23.1 Å². The second-order valence-corrected chi connectivity index (χ2v) is 6.54. The first-order chi connectivity index (χ1) is 8.78. The fourth-order valence-electron chi connectivity index (χ4n) is 2.18. The number of rotatable bonds is 2. The number of carbonyl (C=O) groups excluding carboxylic acids is 1. The number of hydrogen-bond donors (Lipinski definition) is 3. The normalized spacial score (nSPS) is 32.5. The molecule has 1 fully saturated rings. The quantitative estimate of drug-likeness (QED) is 0.570. The van der Waals surface area contributed by atoms with Crippen LogP contribution in [0.5, 0.6) is 0 Å². The molecule has 2 amide bonds. The number of nitrogens with one attached hydrogen (secondary N) is 1. The molecule has 0 saturated carbocycles. The third-order valence-electron chi connectivity index (χ3n) is 3.06. The molecule has 3 atom stereocenters. The van der Waals surface area contributed by atoms with Crippen LogP contribution in [0.2, 0.25) is 0 Å². The van der Waals surface area contributed by atoms with Gasteiger partial charge in [0.05, 0.1) is 17.9 Å². The number of sulfone groups is 1. The zero-order valence-corrected chi connectivity index (χ0v) is 10.7. The number of aliphatic hydroxyl groups excluding tert-OH is 1. The maximum atomic E-state index is 11.9. The Morgan fingerprint density at radius 1 is 1.37 bits per heavy atom. The van der Waals surface area contributed by atoms with E-state index in [4.69, 9.17) is 5.11 Å². The molecule has 1 unspecified atom stereocenters. The van der Waals surface area contributed by atoms with E-state index in [1.165, 1.54) is 6.08 Å². The average Bonchev–Trinajstić information content (AvgIpc) is 2.82. The molecule has 0 aromatic heterocycles. The zero-order chi connectivity index (χ0) is 14.2. The van der Waals surface area contributed by atoms with Gasteiger partial charge in [0.1, 0.15) is 6.04 Å². The first-order valence-corrected chi connectivity index (χ1v) is 7.39. The van der Waals surface area contributed by atoms with Crippen LogP contribution in [0.25, 0.3) is 0 Å². The Kier molecular flexibility index (Phi) is 3.50. The van der Waals surface area contributed by atoms with Crippen molar-refractivity contribution in [2.45, 2.75) is 24.6 Å². The molecule has 0 spiro atoms. The van der Waals surface area contributed by atoms with Gasteiger partial charge in [-0.05, 0) is 6.08 Å². The number of urea groups is 1. The van der Waals surface area contributed by atoms with Gasteiger partial charge in [-0.3, -0.25) is 0 Å². The van der Waals surface area contributed by atoms with Crippen molar-refractivity contribution in [2.24, 2.45) is 0 Å². The molecule has 8 nitrogen and oxygen atoms in total. The lowest BCUT2D eigenvalue weighted by Gasteiger charge is -2.23. The summed E-state index contributed by atoms with van der Waals surface area (Å²) in [6.07, 6.45) is 0.437. The Balaban J connectivity index is 2.00. The summed E-state index contributed by atoms with van der Waals surface area (Å²) in [4.78, 5) is 23.8. The highest BCUT2D eigenvalue weighted by Crippen LogP contribution is 2.19. The minimum Gasteiger partial charge on any atom is -0.480 e. The second kappa shape index (κ2) is 4.82. The topological polar surface area (TPSA) is 124 Å². The van der Waals surface area contributed by atoms with E-state index < -0.39 is 40.0 Å². The molecule has 0 radical (unpaired) electrons. The lowest BCUT2D eigenvalue weighted by molar-refractivity contribution is -0.141. The van der Waals surface area contributed by atoms with Crippen molar-refractivity contribution in [3.8, 4) is 0 Å². The Labute approximate surface area is 109 Å². The van der Waals surface area contributed by atoms with Crippen LogP contribution in [0, 0.1) is 0 Å². The number of nitrogens with zero attached hydrogens (tertiary/aromatic N) is 1. The summed E-state index contributed by atoms with van der Waals surface area (Å²) in [5, 5.41) is 21.8. The fraction of sp³-hybridized carbons (Fsp3) is 0.600. The van der Waals surface area contributed by atoms with Crippen molar-refractivity contribution in [1.29, 1.82) is 0 Å². The standard InChI is InChI=1S/C10H14N2O6S/c13-7-3-8(9(14)15)12(4-7)10(16)11-6-1-2-19(17,18)5-6/h1-2,6-8,13H,3-5H2,(H,11,16)(H,14,15)/t6?,7-,8-/m1/s1. The maximum Gasteiger partial charge on any atom is 0.326 e. The van der Waals surface area contributed by atoms with Crippen LogP contribution in [-0.4, -0.2) is 66.0 Å². The third-order valence-corrected chi connectivity index (χ3v) is 4.46. The van der Waals surface area contributed by atoms with E-state index in [0.717, 1.165) is 10.3 Å². The monoisotopic (exact) mass is 290 g/mol. The van der Waals surface area contributed by atoms with E-state index in [0.29, 0.717) is 0 Å². The van der Waals surface area contributed by atoms with Gasteiger partial charge in [-0.2, -0.15) is 0 Å². The highest BCUT2D eigenvalue weighted by atomic mass is 32.2. The van der Waals surface area contributed by atoms with E-state index in [-0.39, 0.29) is 18.7 Å². The largest absolute Gasteiger partial charge is 0.480 e. The first kappa shape index (κ1) is 13.8. The summed E-state index contributed by atoms with van der Waals surface area (Å²) in [5.74, 6) is -1.42. The molecule has 2 aliphatic heterocycles. The van der Waals surface area contributed by atoms with Crippen LogP contribution in [0.3, 0.4) is 0 Å². The summed E-state index contributed by atoms with van der Waals surface area (Å²) >= 11 is 0. The van der Waals surface area contributed by atoms with Gasteiger partial charge in [0, 0.05) is 18.4 Å². The number of amides is 2. The Morgan fingerprint density at radius 2 is 2.05 bits per heavy atom. The van der Waals surface area contributed by atoms with Crippen LogP contribution in [0.4, 0.5) is 4.79 Å². The Morgan fingerprint density at radius 3 is 2.58 bits per heavy atom. The smallest absolute Gasteiger partial charge is 0.326 e. The van der Waals surface area contributed by atoms with Gasteiger partial charge in [-0.1, -0.05) is 0 Å². The lowest BCUT2D eigenvalue weighted by atomic mass is 10.2. The highest BCUT2D eigenvalue weighted by Gasteiger charge is 2.39. The van der Waals surface area contributed by atoms with E-state index in [1.807, 2.05) is 0 Å². The number of carboxylic acids is 1. The Bertz CT molecular complexity index is 528. The minimum atomic E-state index is -3.28. The van der Waals surface area contributed by atoms with Gasteiger partial charge < -0.3 is 20.4 Å². The predicted octanol–water partition coefficient (Wildman–Crippen LogP) is -1.47. The van der Waals surface area contributed by atoms with Gasteiger partial charge in [-0.25, -0.2) is 18.0 Å². The summed E-state index contributed by atoms with van der Waals surface area (Å²) in [7, 11) is -3.28. The molecule has 2 heterocycles. The summed E-state index contributed by atoms with van der Waals surface area (Å²) in [6.45, 7) is -0.0774. The van der Waals surface area contributed by atoms with Gasteiger partial charge >= 0.3 is 12.0 Å². The molecular formula is C10H14N2O6S. The third kappa shape index (κ3) is 3.04. The van der Waals surface area contributed by atoms with E-state index in [1.54, 1.807) is 0 Å². The highest BCUT2D eigenvalue weighted by molar-refractivity contribution is 7.94. The number of likely N-dealkylation sites (tertiary alicyclic amines) is 1. The first-order valence-electron chi connectivity index (χ1n) is 5.67. The van der Waals surface area contributed by atoms with Crippen LogP contribution in [-0.2, 0) is 14.6 Å². The van der Waals surface area contributed by atoms with Gasteiger partial charge in [0.2, 0.25) is 0 Å². The van der Waals surface area contributed by atoms with Crippen molar-refractivity contribution in [2.75, 3.05) is 12.3 Å². The van der Waals surface area contributed by atoms with Crippen LogP contribution in [0.15, 0.2) is 11.5 Å². The van der Waals surface area contributed by atoms with E-state index >= 15 is 0 Å². The fourth-order valence-corrected chi connectivity index (χ4v) is 3.41. The van der Waals surface area contributed by atoms with Crippen molar-refractivity contribution >= 4 is 21.8 Å². The SMILES string of the molecule is O=C(O)[C@H]1C[C@@H](O)CN1C(=O)NC1C=CS(=O)(=O)C1. The molecule has 2 aliphatic rings. The summed E-state index contributed by atoms with van der Waals surface area (Å²) in [6, 6.07) is -2.43. The van der Waals surface area contributed by atoms with Crippen molar-refractivity contribution in [3.05, 3.63) is 11.5 Å². The molecule has 0 aromatic rings. The maximum absolute atomic E-state index is 11.9. The van der Waals surface area contributed by atoms with Gasteiger partial charge in [-0.15, -0.1) is 0 Å². The lowest BCUT2D eigenvalue weighted by Crippen LogP contribution is -2.49. The minimum absolute atomic E-state index is 0.0262. The Hall–Kier alpha value is -1.61. The molecule has 106 valence electrons. The summed E-state index contributed by atoms with van der Waals surface area (Å²) < 4.78 is 22.4. The number of β-amino-alcohol motifs (C(OH)–C–C–N with tert-alkyl or cyclic N) is 1. The molecule has 3 N–H and O–H groups in total. The number of aliphatic carboxylic acids is 1. The van der Waals surface area contributed by atoms with Crippen LogP contribution < -0.4 is 5.32 Å². The van der Waals surface area contributed by atoms with Crippen molar-refractivity contribution in [3.63, 3.8) is 0 Å². The van der Waals surface area contributed by atoms with Crippen molar-refractivity contribution < 1.29 is 28.2 Å². The van der Waals surface area contributed by atoms with Crippen LogP contribution >= 0.6 is 0 Å². The number of hydrogen-bond acceptors (Lipinski definition) is 5. The molecule has 2 rings (SSSR count). The van der Waals surface area contributed by atoms with Gasteiger partial charge in [0.15, 0.2) is 9.84 Å². The second-order valence-electron chi connectivity index (χ2n) is 4.61. The summed E-state index contributed by atoms with van der Waals surface area (Å²) in [5.41, 5.74) is 0. The molecule has 0 bridgehead atoms. The average molecular weight is 290 g/mol.